The summed E-state index contributed by atoms with van der Waals surface area (Å²) in [6.07, 6.45) is 4.92. The highest BCUT2D eigenvalue weighted by atomic mass is 16.5. The molecule has 1 saturated carbocycles. The van der Waals surface area contributed by atoms with Gasteiger partial charge in [-0.1, -0.05) is 30.3 Å². The van der Waals surface area contributed by atoms with Crippen LogP contribution >= 0.6 is 0 Å². The fourth-order valence-corrected chi connectivity index (χ4v) is 5.17. The van der Waals surface area contributed by atoms with Crippen LogP contribution in [-0.4, -0.2) is 78.0 Å². The van der Waals surface area contributed by atoms with Crippen LogP contribution in [0.2, 0.25) is 0 Å². The zero-order valence-electron chi connectivity index (χ0n) is 21.5. The Hall–Kier alpha value is -3.59. The number of amides is 2. The van der Waals surface area contributed by atoms with Gasteiger partial charge < -0.3 is 24.0 Å². The molecule has 1 aliphatic carbocycles. The topological polar surface area (TPSA) is 86.1 Å². The monoisotopic (exact) mass is 506 g/mol. The summed E-state index contributed by atoms with van der Waals surface area (Å²) in [7, 11) is 3.48. The number of ether oxygens (including phenoxy) is 3. The van der Waals surface area contributed by atoms with Crippen LogP contribution in [0.4, 0.5) is 4.79 Å². The Bertz CT molecular complexity index is 1280. The molecule has 0 bridgehead atoms. The maximum Gasteiger partial charge on any atom is 0.320 e. The first-order chi connectivity index (χ1) is 18.0. The molecule has 2 aliphatic rings. The number of hydrogen-bond acceptors (Lipinski definition) is 6. The van der Waals surface area contributed by atoms with E-state index in [1.165, 1.54) is 0 Å². The largest absolute Gasteiger partial charge is 0.493 e. The molecule has 2 aromatic carbocycles. The average Bonchev–Trinajstić information content (AvgIpc) is 2.95. The number of methoxy groups -OCH3 is 1. The molecule has 3 aromatic rings. The molecule has 2 amide bonds. The minimum absolute atomic E-state index is 0.0160. The highest BCUT2D eigenvalue weighted by Gasteiger charge is 2.30. The lowest BCUT2D eigenvalue weighted by molar-refractivity contribution is 0.0369. The van der Waals surface area contributed by atoms with Crippen molar-refractivity contribution in [3.05, 3.63) is 64.7 Å². The van der Waals surface area contributed by atoms with Gasteiger partial charge in [0.15, 0.2) is 11.5 Å². The van der Waals surface area contributed by atoms with E-state index in [1.54, 1.807) is 30.1 Å². The molecule has 2 heterocycles. The molecular weight excluding hydrogens is 472 g/mol. The number of nitrogens with zero attached hydrogens (tertiary/aromatic N) is 4. The van der Waals surface area contributed by atoms with Gasteiger partial charge in [-0.3, -0.25) is 9.36 Å². The molecule has 1 aliphatic heterocycles. The van der Waals surface area contributed by atoms with Crippen LogP contribution in [0, 0.1) is 0 Å². The Morgan fingerprint density at radius 1 is 1.08 bits per heavy atom. The number of fused-ring (bicyclic) bond motifs is 1. The molecule has 1 aromatic heterocycles. The predicted octanol–water partition coefficient (Wildman–Crippen LogP) is 3.53. The van der Waals surface area contributed by atoms with E-state index in [0.717, 1.165) is 31.2 Å². The standard InChI is InChI=1S/C28H34N4O5/c1-30(28(34)31-12-14-36-15-13-31)21-8-10-22(11-9-21)37-26-16-23-24(17-25(26)35-2)29-19-32(27(23)33)18-20-6-4-3-5-7-20/h3-7,16-17,19,21-22H,8-15,18H2,1-2H3/t21-,22+. The number of carbonyl (C=O) groups excluding carboxylic acids is 1. The van der Waals surface area contributed by atoms with Gasteiger partial charge in [0, 0.05) is 32.2 Å². The number of morpholine rings is 1. The summed E-state index contributed by atoms with van der Waals surface area (Å²) in [5.41, 5.74) is 1.49. The van der Waals surface area contributed by atoms with Crippen molar-refractivity contribution in [1.29, 1.82) is 0 Å². The van der Waals surface area contributed by atoms with Crippen LogP contribution in [0.5, 0.6) is 11.5 Å². The minimum Gasteiger partial charge on any atom is -0.493 e. The van der Waals surface area contributed by atoms with Gasteiger partial charge in [-0.15, -0.1) is 0 Å². The number of rotatable bonds is 6. The van der Waals surface area contributed by atoms with Crippen molar-refractivity contribution < 1.29 is 19.0 Å². The second-order valence-corrected chi connectivity index (χ2v) is 9.72. The Morgan fingerprint density at radius 2 is 1.81 bits per heavy atom. The SMILES string of the molecule is COc1cc2ncn(Cc3ccccc3)c(=O)c2cc1O[C@H]1CC[C@@H](N(C)C(=O)N2CCOCC2)CC1. The van der Waals surface area contributed by atoms with E-state index >= 15 is 0 Å². The van der Waals surface area contributed by atoms with Crippen molar-refractivity contribution in [2.24, 2.45) is 0 Å². The van der Waals surface area contributed by atoms with Gasteiger partial charge in [0.25, 0.3) is 5.56 Å². The first-order valence-corrected chi connectivity index (χ1v) is 12.9. The summed E-state index contributed by atoms with van der Waals surface area (Å²) >= 11 is 0. The average molecular weight is 507 g/mol. The second-order valence-electron chi connectivity index (χ2n) is 9.72. The molecule has 0 atom stereocenters. The van der Waals surface area contributed by atoms with E-state index < -0.39 is 0 Å². The van der Waals surface area contributed by atoms with Crippen molar-refractivity contribution >= 4 is 16.9 Å². The fourth-order valence-electron chi connectivity index (χ4n) is 5.17. The second kappa shape index (κ2) is 11.2. The van der Waals surface area contributed by atoms with Crippen LogP contribution in [-0.2, 0) is 11.3 Å². The molecule has 0 radical (unpaired) electrons. The zero-order valence-corrected chi connectivity index (χ0v) is 21.5. The summed E-state index contributed by atoms with van der Waals surface area (Å²) in [6.45, 7) is 2.93. The molecule has 0 spiro atoms. The Kier molecular flexibility index (Phi) is 7.60. The molecule has 9 nitrogen and oxygen atoms in total. The number of urea groups is 1. The van der Waals surface area contributed by atoms with Crippen molar-refractivity contribution in [1.82, 2.24) is 19.4 Å². The lowest BCUT2D eigenvalue weighted by Crippen LogP contribution is -2.51. The molecule has 1 saturated heterocycles. The smallest absolute Gasteiger partial charge is 0.320 e. The van der Waals surface area contributed by atoms with Crippen LogP contribution in [0.25, 0.3) is 10.9 Å². The summed E-state index contributed by atoms with van der Waals surface area (Å²) in [5, 5.41) is 0.499. The predicted molar refractivity (Wildman–Crippen MR) is 140 cm³/mol. The quantitative estimate of drug-likeness (QED) is 0.509. The van der Waals surface area contributed by atoms with Gasteiger partial charge in [-0.25, -0.2) is 9.78 Å². The van der Waals surface area contributed by atoms with Gasteiger partial charge in [0.05, 0.1) is 50.2 Å². The van der Waals surface area contributed by atoms with Crippen LogP contribution < -0.4 is 15.0 Å². The Morgan fingerprint density at radius 3 is 2.51 bits per heavy atom. The van der Waals surface area contributed by atoms with E-state index in [4.69, 9.17) is 14.2 Å². The normalized spacial score (nSPS) is 20.0. The molecule has 9 heteroatoms. The number of aromatic nitrogens is 2. The molecule has 0 N–H and O–H groups in total. The molecule has 2 fully saturated rings. The van der Waals surface area contributed by atoms with Gasteiger partial charge >= 0.3 is 6.03 Å². The molecule has 196 valence electrons. The molecule has 37 heavy (non-hydrogen) atoms. The summed E-state index contributed by atoms with van der Waals surface area (Å²) in [4.78, 5) is 34.4. The third kappa shape index (κ3) is 5.56. The summed E-state index contributed by atoms with van der Waals surface area (Å²) in [6, 6.07) is 13.6. The minimum atomic E-state index is -0.117. The van der Waals surface area contributed by atoms with Gasteiger partial charge in [-0.05, 0) is 37.3 Å². The van der Waals surface area contributed by atoms with Gasteiger partial charge in [0.1, 0.15) is 0 Å². The number of benzene rings is 2. The van der Waals surface area contributed by atoms with Crippen molar-refractivity contribution in [3.8, 4) is 11.5 Å². The highest BCUT2D eigenvalue weighted by molar-refractivity contribution is 5.81. The van der Waals surface area contributed by atoms with E-state index in [-0.39, 0.29) is 23.7 Å². The molecular formula is C28H34N4O5. The Labute approximate surface area is 216 Å². The van der Waals surface area contributed by atoms with Crippen molar-refractivity contribution in [2.45, 2.75) is 44.4 Å². The van der Waals surface area contributed by atoms with E-state index in [1.807, 2.05) is 47.2 Å². The maximum atomic E-state index is 13.3. The first-order valence-electron chi connectivity index (χ1n) is 12.9. The molecule has 0 unspecified atom stereocenters. The number of carbonyl (C=O) groups is 1. The van der Waals surface area contributed by atoms with Crippen LogP contribution in [0.1, 0.15) is 31.2 Å². The van der Waals surface area contributed by atoms with Gasteiger partial charge in [-0.2, -0.15) is 0 Å². The van der Waals surface area contributed by atoms with E-state index in [0.29, 0.717) is 55.2 Å². The third-order valence-corrected chi connectivity index (χ3v) is 7.37. The number of hydrogen-bond donors (Lipinski definition) is 0. The first kappa shape index (κ1) is 25.1. The summed E-state index contributed by atoms with van der Waals surface area (Å²) < 4.78 is 18.9. The zero-order chi connectivity index (χ0) is 25.8. The summed E-state index contributed by atoms with van der Waals surface area (Å²) in [5.74, 6) is 1.11. The van der Waals surface area contributed by atoms with Gasteiger partial charge in [0.2, 0.25) is 0 Å². The van der Waals surface area contributed by atoms with Crippen LogP contribution in [0.3, 0.4) is 0 Å². The van der Waals surface area contributed by atoms with Crippen molar-refractivity contribution in [2.75, 3.05) is 40.5 Å². The van der Waals surface area contributed by atoms with E-state index in [9.17, 15) is 9.59 Å². The Balaban J connectivity index is 1.28. The lowest BCUT2D eigenvalue weighted by Gasteiger charge is -2.38. The maximum absolute atomic E-state index is 13.3. The lowest BCUT2D eigenvalue weighted by atomic mass is 9.92. The fraction of sp³-hybridized carbons (Fsp3) is 0.464. The van der Waals surface area contributed by atoms with Crippen molar-refractivity contribution in [3.63, 3.8) is 0 Å². The van der Waals surface area contributed by atoms with E-state index in [2.05, 4.69) is 4.98 Å². The molecule has 5 rings (SSSR count). The highest BCUT2D eigenvalue weighted by Crippen LogP contribution is 2.34. The third-order valence-electron chi connectivity index (χ3n) is 7.37. The van der Waals surface area contributed by atoms with Crippen LogP contribution in [0.15, 0.2) is 53.6 Å².